The van der Waals surface area contributed by atoms with Crippen molar-refractivity contribution < 1.29 is 9.13 Å². The van der Waals surface area contributed by atoms with Gasteiger partial charge in [0.1, 0.15) is 5.75 Å². The van der Waals surface area contributed by atoms with E-state index in [-0.39, 0.29) is 17.6 Å². The minimum Gasteiger partial charge on any atom is -0.454 e. The van der Waals surface area contributed by atoms with Crippen molar-refractivity contribution in [3.8, 4) is 11.5 Å². The van der Waals surface area contributed by atoms with E-state index in [0.29, 0.717) is 12.2 Å². The Kier molecular flexibility index (Phi) is 5.04. The van der Waals surface area contributed by atoms with Gasteiger partial charge in [-0.2, -0.15) is 0 Å². The predicted octanol–water partition coefficient (Wildman–Crippen LogP) is 4.23. The van der Waals surface area contributed by atoms with Crippen LogP contribution in [0.5, 0.6) is 11.5 Å². The Morgan fingerprint density at radius 3 is 2.50 bits per heavy atom. The molecule has 0 bridgehead atoms. The first-order chi connectivity index (χ1) is 9.60. The van der Waals surface area contributed by atoms with Gasteiger partial charge in [0, 0.05) is 10.9 Å². The lowest BCUT2D eigenvalue weighted by Gasteiger charge is -2.13. The number of benzene rings is 2. The molecule has 1 atom stereocenters. The van der Waals surface area contributed by atoms with Crippen LogP contribution in [-0.4, -0.2) is 12.3 Å². The van der Waals surface area contributed by atoms with Crippen LogP contribution in [0.4, 0.5) is 4.39 Å². The van der Waals surface area contributed by atoms with E-state index >= 15 is 0 Å². The second-order valence-corrected chi connectivity index (χ2v) is 5.57. The van der Waals surface area contributed by atoms with E-state index in [1.807, 2.05) is 43.5 Å². The van der Waals surface area contributed by atoms with Crippen molar-refractivity contribution in [1.82, 2.24) is 0 Å². The Labute approximate surface area is 123 Å². The maximum atomic E-state index is 14.0. The molecule has 0 heterocycles. The van der Waals surface area contributed by atoms with E-state index in [4.69, 9.17) is 10.5 Å². The maximum absolute atomic E-state index is 14.0. The minimum atomic E-state index is -0.364. The fourth-order valence-corrected chi connectivity index (χ4v) is 2.35. The van der Waals surface area contributed by atoms with Gasteiger partial charge in [-0.05, 0) is 55.5 Å². The molecule has 0 saturated heterocycles. The standard InChI is InChI=1S/C16H18FNOS/c1-11(18)10-12-4-3-5-15(17)16(12)19-13-6-8-14(20-2)9-7-13/h3-9,11H,10,18H2,1-2H3. The molecule has 1 unspecified atom stereocenters. The zero-order chi connectivity index (χ0) is 14.5. The summed E-state index contributed by atoms with van der Waals surface area (Å²) in [6.45, 7) is 1.89. The lowest BCUT2D eigenvalue weighted by atomic mass is 10.1. The van der Waals surface area contributed by atoms with Crippen molar-refractivity contribution in [2.45, 2.75) is 24.3 Å². The van der Waals surface area contributed by atoms with Crippen LogP contribution >= 0.6 is 11.8 Å². The normalized spacial score (nSPS) is 12.2. The van der Waals surface area contributed by atoms with E-state index < -0.39 is 0 Å². The fourth-order valence-electron chi connectivity index (χ4n) is 1.94. The zero-order valence-electron chi connectivity index (χ0n) is 11.6. The van der Waals surface area contributed by atoms with Crippen LogP contribution in [0.2, 0.25) is 0 Å². The van der Waals surface area contributed by atoms with Gasteiger partial charge >= 0.3 is 0 Å². The van der Waals surface area contributed by atoms with E-state index in [1.54, 1.807) is 17.8 Å². The van der Waals surface area contributed by atoms with Gasteiger partial charge in [-0.25, -0.2) is 4.39 Å². The van der Waals surface area contributed by atoms with E-state index in [0.717, 1.165) is 10.5 Å². The summed E-state index contributed by atoms with van der Waals surface area (Å²) in [4.78, 5) is 1.14. The van der Waals surface area contributed by atoms with Crippen molar-refractivity contribution in [2.75, 3.05) is 6.26 Å². The number of hydrogen-bond acceptors (Lipinski definition) is 3. The summed E-state index contributed by atoms with van der Waals surface area (Å²) < 4.78 is 19.7. The molecule has 2 rings (SSSR count). The molecular weight excluding hydrogens is 273 g/mol. The third-order valence-corrected chi connectivity index (χ3v) is 3.61. The van der Waals surface area contributed by atoms with Gasteiger partial charge in [0.05, 0.1) is 0 Å². The lowest BCUT2D eigenvalue weighted by molar-refractivity contribution is 0.434. The first kappa shape index (κ1) is 14.9. The SMILES string of the molecule is CSc1ccc(Oc2c(F)cccc2CC(C)N)cc1. The van der Waals surface area contributed by atoms with Crippen LogP contribution < -0.4 is 10.5 Å². The molecule has 4 heteroatoms. The van der Waals surface area contributed by atoms with Gasteiger partial charge in [-0.15, -0.1) is 11.8 Å². The molecule has 0 aliphatic heterocycles. The molecule has 0 aliphatic rings. The average Bonchev–Trinajstić information content (AvgIpc) is 2.43. The highest BCUT2D eigenvalue weighted by atomic mass is 32.2. The molecule has 0 aliphatic carbocycles. The van der Waals surface area contributed by atoms with Gasteiger partial charge in [-0.3, -0.25) is 0 Å². The van der Waals surface area contributed by atoms with Crippen molar-refractivity contribution >= 4 is 11.8 Å². The summed E-state index contributed by atoms with van der Waals surface area (Å²) in [6.07, 6.45) is 2.59. The Morgan fingerprint density at radius 2 is 1.90 bits per heavy atom. The number of rotatable bonds is 5. The topological polar surface area (TPSA) is 35.2 Å². The lowest BCUT2D eigenvalue weighted by Crippen LogP contribution is -2.18. The molecule has 2 aromatic rings. The number of hydrogen-bond donors (Lipinski definition) is 1. The molecule has 2 N–H and O–H groups in total. The van der Waals surface area contributed by atoms with Crippen LogP contribution in [0.25, 0.3) is 0 Å². The molecule has 0 spiro atoms. The molecular formula is C16H18FNOS. The Morgan fingerprint density at radius 1 is 1.20 bits per heavy atom. The minimum absolute atomic E-state index is 0.0435. The van der Waals surface area contributed by atoms with Crippen molar-refractivity contribution in [3.05, 3.63) is 53.8 Å². The number of halogens is 1. The van der Waals surface area contributed by atoms with E-state index in [9.17, 15) is 4.39 Å². The first-order valence-corrected chi connectivity index (χ1v) is 7.67. The molecule has 2 aromatic carbocycles. The summed E-state index contributed by atoms with van der Waals surface area (Å²) in [5.74, 6) is 0.526. The van der Waals surface area contributed by atoms with Gasteiger partial charge in [0.2, 0.25) is 0 Å². The molecule has 0 radical (unpaired) electrons. The molecule has 106 valence electrons. The Balaban J connectivity index is 2.26. The Bertz CT molecular complexity index is 569. The molecule has 20 heavy (non-hydrogen) atoms. The van der Waals surface area contributed by atoms with Gasteiger partial charge in [0.25, 0.3) is 0 Å². The zero-order valence-corrected chi connectivity index (χ0v) is 12.4. The highest BCUT2D eigenvalue weighted by Crippen LogP contribution is 2.30. The van der Waals surface area contributed by atoms with Crippen LogP contribution in [0.1, 0.15) is 12.5 Å². The van der Waals surface area contributed by atoms with Crippen LogP contribution in [0.3, 0.4) is 0 Å². The predicted molar refractivity (Wildman–Crippen MR) is 82.1 cm³/mol. The van der Waals surface area contributed by atoms with Crippen LogP contribution in [-0.2, 0) is 6.42 Å². The van der Waals surface area contributed by atoms with Gasteiger partial charge in [-0.1, -0.05) is 12.1 Å². The second-order valence-electron chi connectivity index (χ2n) is 4.69. The number of thioether (sulfide) groups is 1. The van der Waals surface area contributed by atoms with Crippen molar-refractivity contribution in [1.29, 1.82) is 0 Å². The van der Waals surface area contributed by atoms with Crippen molar-refractivity contribution in [2.24, 2.45) is 5.73 Å². The number of nitrogens with two attached hydrogens (primary N) is 1. The summed E-state index contributed by atoms with van der Waals surface area (Å²) in [5.41, 5.74) is 6.58. The molecule has 0 saturated carbocycles. The van der Waals surface area contributed by atoms with Crippen LogP contribution in [0.15, 0.2) is 47.4 Å². The van der Waals surface area contributed by atoms with Crippen molar-refractivity contribution in [3.63, 3.8) is 0 Å². The summed E-state index contributed by atoms with van der Waals surface area (Å²) in [6, 6.07) is 12.5. The summed E-state index contributed by atoms with van der Waals surface area (Å²) in [7, 11) is 0. The fraction of sp³-hybridized carbons (Fsp3) is 0.250. The molecule has 2 nitrogen and oxygen atoms in total. The maximum Gasteiger partial charge on any atom is 0.166 e. The Hall–Kier alpha value is -1.52. The van der Waals surface area contributed by atoms with Gasteiger partial charge in [0.15, 0.2) is 11.6 Å². The molecule has 0 fully saturated rings. The highest BCUT2D eigenvalue weighted by Gasteiger charge is 2.12. The largest absolute Gasteiger partial charge is 0.454 e. The quantitative estimate of drug-likeness (QED) is 0.837. The van der Waals surface area contributed by atoms with Gasteiger partial charge < -0.3 is 10.5 Å². The summed E-state index contributed by atoms with van der Waals surface area (Å²) >= 11 is 1.65. The number of para-hydroxylation sites is 1. The molecule has 0 aromatic heterocycles. The first-order valence-electron chi connectivity index (χ1n) is 6.45. The number of ether oxygens (including phenoxy) is 1. The third kappa shape index (κ3) is 3.74. The molecule has 0 amide bonds. The smallest absolute Gasteiger partial charge is 0.166 e. The van der Waals surface area contributed by atoms with E-state index in [1.165, 1.54) is 6.07 Å². The van der Waals surface area contributed by atoms with E-state index in [2.05, 4.69) is 0 Å². The second kappa shape index (κ2) is 6.77. The van der Waals surface area contributed by atoms with Crippen LogP contribution in [0, 0.1) is 5.82 Å². The summed E-state index contributed by atoms with van der Waals surface area (Å²) in [5, 5.41) is 0. The third-order valence-electron chi connectivity index (χ3n) is 2.87. The average molecular weight is 291 g/mol. The highest BCUT2D eigenvalue weighted by molar-refractivity contribution is 7.98. The monoisotopic (exact) mass is 291 g/mol.